The molecule has 31 heavy (non-hydrogen) atoms. The van der Waals surface area contributed by atoms with E-state index in [4.69, 9.17) is 4.74 Å². The van der Waals surface area contributed by atoms with Gasteiger partial charge in [0.1, 0.15) is 11.6 Å². The van der Waals surface area contributed by atoms with Crippen molar-refractivity contribution in [3.8, 4) is 0 Å². The Kier molecular flexibility index (Phi) is 6.06. The molecular formula is C28H29NO2. The summed E-state index contributed by atoms with van der Waals surface area (Å²) in [5.74, 6) is -0.162. The van der Waals surface area contributed by atoms with Crippen molar-refractivity contribution in [1.82, 2.24) is 4.90 Å². The number of carbonyl (C=O) groups excluding carboxylic acids is 1. The maximum Gasteiger partial charge on any atom is 0.325 e. The summed E-state index contributed by atoms with van der Waals surface area (Å²) in [4.78, 5) is 15.2. The summed E-state index contributed by atoms with van der Waals surface area (Å²) in [6.07, 6.45) is 2.22. The van der Waals surface area contributed by atoms with E-state index in [9.17, 15) is 4.79 Å². The van der Waals surface area contributed by atoms with Crippen LogP contribution in [0.5, 0.6) is 0 Å². The van der Waals surface area contributed by atoms with Crippen molar-refractivity contribution >= 4 is 11.5 Å². The molecule has 0 spiro atoms. The number of ether oxygens (including phenoxy) is 1. The van der Waals surface area contributed by atoms with Gasteiger partial charge in [0.2, 0.25) is 0 Å². The monoisotopic (exact) mass is 411 g/mol. The lowest BCUT2D eigenvalue weighted by Gasteiger charge is -2.19. The van der Waals surface area contributed by atoms with E-state index in [0.29, 0.717) is 6.54 Å². The first kappa shape index (κ1) is 21.1. The van der Waals surface area contributed by atoms with Crippen molar-refractivity contribution in [3.63, 3.8) is 0 Å². The molecule has 1 heterocycles. The topological polar surface area (TPSA) is 29.3 Å². The van der Waals surface area contributed by atoms with E-state index in [1.165, 1.54) is 5.56 Å². The van der Waals surface area contributed by atoms with Gasteiger partial charge in [0.05, 0.1) is 6.04 Å². The fourth-order valence-electron chi connectivity index (χ4n) is 3.88. The van der Waals surface area contributed by atoms with E-state index in [1.54, 1.807) is 0 Å². The molecule has 1 saturated heterocycles. The number of benzene rings is 3. The molecule has 3 aromatic rings. The number of esters is 1. The Morgan fingerprint density at radius 1 is 0.839 bits per heavy atom. The number of carbonyl (C=O) groups is 1. The molecule has 0 amide bonds. The number of hydrogen-bond acceptors (Lipinski definition) is 3. The van der Waals surface area contributed by atoms with Gasteiger partial charge in [0.25, 0.3) is 0 Å². The molecule has 0 radical (unpaired) electrons. The highest BCUT2D eigenvalue weighted by atomic mass is 16.6. The zero-order chi connectivity index (χ0) is 21.8. The van der Waals surface area contributed by atoms with Crippen LogP contribution in [-0.4, -0.2) is 28.6 Å². The summed E-state index contributed by atoms with van der Waals surface area (Å²) in [6, 6.07) is 30.7. The van der Waals surface area contributed by atoms with Gasteiger partial charge >= 0.3 is 5.97 Å². The van der Waals surface area contributed by atoms with Crippen LogP contribution >= 0.6 is 0 Å². The predicted octanol–water partition coefficient (Wildman–Crippen LogP) is 5.71. The fraction of sp³-hybridized carbons (Fsp3) is 0.250. The van der Waals surface area contributed by atoms with Gasteiger partial charge in [0, 0.05) is 6.54 Å². The minimum absolute atomic E-state index is 0.00883. The Morgan fingerprint density at radius 3 is 1.81 bits per heavy atom. The summed E-state index contributed by atoms with van der Waals surface area (Å²) in [6.45, 7) is 6.46. The molecule has 1 fully saturated rings. The molecule has 3 nitrogen and oxygen atoms in total. The second-order valence-electron chi connectivity index (χ2n) is 8.94. The highest BCUT2D eigenvalue weighted by Crippen LogP contribution is 2.37. The van der Waals surface area contributed by atoms with Gasteiger partial charge in [0.15, 0.2) is 0 Å². The SMILES string of the molecule is CC(C)(C)OC(=O)[C@H]1[C@@H](C=C(c2ccccc2)c2ccccc2)N1Cc1ccccc1. The minimum atomic E-state index is -0.506. The molecule has 158 valence electrons. The average molecular weight is 412 g/mol. The Bertz CT molecular complexity index is 995. The molecule has 0 aromatic heterocycles. The Morgan fingerprint density at radius 2 is 1.32 bits per heavy atom. The molecule has 0 N–H and O–H groups in total. The van der Waals surface area contributed by atoms with Crippen LogP contribution in [0.15, 0.2) is 97.1 Å². The zero-order valence-corrected chi connectivity index (χ0v) is 18.4. The standard InChI is InChI=1S/C28H29NO2/c1-28(2,3)31-27(30)26-25(29(26)20-21-13-7-4-8-14-21)19-24(22-15-9-5-10-16-22)23-17-11-6-12-18-23/h4-19,25-26H,20H2,1-3H3/t25-,26-,29?/m1/s1. The van der Waals surface area contributed by atoms with E-state index in [2.05, 4.69) is 47.4 Å². The number of rotatable bonds is 6. The van der Waals surface area contributed by atoms with Crippen molar-refractivity contribution in [1.29, 1.82) is 0 Å². The van der Waals surface area contributed by atoms with Gasteiger partial charge in [-0.15, -0.1) is 0 Å². The molecule has 3 aromatic carbocycles. The zero-order valence-electron chi connectivity index (χ0n) is 18.4. The first-order valence-electron chi connectivity index (χ1n) is 10.8. The van der Waals surface area contributed by atoms with E-state index in [-0.39, 0.29) is 18.1 Å². The normalized spacial score (nSPS) is 20.0. The number of hydrogen-bond donors (Lipinski definition) is 0. The van der Waals surface area contributed by atoms with Crippen LogP contribution in [0.2, 0.25) is 0 Å². The van der Waals surface area contributed by atoms with Gasteiger partial charge in [-0.3, -0.25) is 9.69 Å². The van der Waals surface area contributed by atoms with Crippen LogP contribution < -0.4 is 0 Å². The summed E-state index contributed by atoms with van der Waals surface area (Å²) in [5.41, 5.74) is 4.10. The minimum Gasteiger partial charge on any atom is -0.459 e. The van der Waals surface area contributed by atoms with Gasteiger partial charge in [-0.2, -0.15) is 0 Å². The molecule has 1 aliphatic rings. The maximum atomic E-state index is 13.0. The van der Waals surface area contributed by atoms with Crippen molar-refractivity contribution in [2.75, 3.05) is 0 Å². The summed E-state index contributed by atoms with van der Waals surface area (Å²) < 4.78 is 5.74. The van der Waals surface area contributed by atoms with E-state index >= 15 is 0 Å². The lowest BCUT2D eigenvalue weighted by Crippen LogP contribution is -2.28. The second-order valence-corrected chi connectivity index (χ2v) is 8.94. The van der Waals surface area contributed by atoms with Crippen LogP contribution in [0.3, 0.4) is 0 Å². The molecule has 4 rings (SSSR count). The largest absolute Gasteiger partial charge is 0.459 e. The molecule has 0 aliphatic carbocycles. The molecule has 1 aliphatic heterocycles. The predicted molar refractivity (Wildman–Crippen MR) is 125 cm³/mol. The van der Waals surface area contributed by atoms with E-state index in [0.717, 1.165) is 16.7 Å². The van der Waals surface area contributed by atoms with Crippen molar-refractivity contribution in [2.45, 2.75) is 45.0 Å². The van der Waals surface area contributed by atoms with E-state index < -0.39 is 5.60 Å². The van der Waals surface area contributed by atoms with Crippen LogP contribution in [0.4, 0.5) is 0 Å². The quantitative estimate of drug-likeness (QED) is 0.384. The summed E-state index contributed by atoms with van der Waals surface area (Å²) in [5, 5.41) is 0. The van der Waals surface area contributed by atoms with Gasteiger partial charge in [-0.25, -0.2) is 0 Å². The molecule has 1 unspecified atom stereocenters. The first-order chi connectivity index (χ1) is 14.9. The van der Waals surface area contributed by atoms with Gasteiger partial charge < -0.3 is 4.74 Å². The van der Waals surface area contributed by atoms with Crippen molar-refractivity contribution < 1.29 is 9.53 Å². The van der Waals surface area contributed by atoms with Crippen LogP contribution in [0.1, 0.15) is 37.5 Å². The molecule has 0 saturated carbocycles. The summed E-state index contributed by atoms with van der Waals surface area (Å²) in [7, 11) is 0. The Labute approximate surface area is 185 Å². The van der Waals surface area contributed by atoms with Crippen molar-refractivity contribution in [2.24, 2.45) is 0 Å². The highest BCUT2D eigenvalue weighted by Gasteiger charge is 2.53. The highest BCUT2D eigenvalue weighted by molar-refractivity contribution is 5.85. The second kappa shape index (κ2) is 8.91. The third-order valence-electron chi connectivity index (χ3n) is 5.34. The van der Waals surface area contributed by atoms with Gasteiger partial charge in [-0.1, -0.05) is 97.1 Å². The number of nitrogens with zero attached hydrogens (tertiary/aromatic N) is 1. The molecule has 3 atom stereocenters. The van der Waals surface area contributed by atoms with Crippen LogP contribution in [-0.2, 0) is 16.1 Å². The Hall–Kier alpha value is -3.17. The van der Waals surface area contributed by atoms with Crippen molar-refractivity contribution in [3.05, 3.63) is 114 Å². The van der Waals surface area contributed by atoms with Crippen LogP contribution in [0.25, 0.3) is 5.57 Å². The third kappa shape index (κ3) is 5.31. The lowest BCUT2D eigenvalue weighted by atomic mass is 9.96. The maximum absolute atomic E-state index is 13.0. The average Bonchev–Trinajstić information content (AvgIpc) is 3.44. The summed E-state index contributed by atoms with van der Waals surface area (Å²) >= 11 is 0. The van der Waals surface area contributed by atoms with E-state index in [1.807, 2.05) is 75.4 Å². The molecule has 0 bridgehead atoms. The fourth-order valence-corrected chi connectivity index (χ4v) is 3.88. The smallest absolute Gasteiger partial charge is 0.325 e. The van der Waals surface area contributed by atoms with Gasteiger partial charge in [-0.05, 0) is 43.0 Å². The molecule has 3 heteroatoms. The van der Waals surface area contributed by atoms with Crippen LogP contribution in [0, 0.1) is 0 Å². The third-order valence-corrected chi connectivity index (χ3v) is 5.34. The first-order valence-corrected chi connectivity index (χ1v) is 10.8. The lowest BCUT2D eigenvalue weighted by molar-refractivity contribution is -0.155. The molecular weight excluding hydrogens is 382 g/mol. The Balaban J connectivity index is 1.68.